The summed E-state index contributed by atoms with van der Waals surface area (Å²) in [6, 6.07) is 4.56. The number of aryl methyl sites for hydroxylation is 1. The van der Waals surface area contributed by atoms with Crippen LogP contribution in [0.4, 0.5) is 11.4 Å². The molecule has 0 unspecified atom stereocenters. The molecule has 0 N–H and O–H groups in total. The average Bonchev–Trinajstić information content (AvgIpc) is 3.14. The van der Waals surface area contributed by atoms with E-state index in [9.17, 15) is 19.7 Å². The number of allylic oxidation sites excluding steroid dienone is 2. The highest BCUT2D eigenvalue weighted by atomic mass is 16.6. The molecule has 4 atom stereocenters. The number of amides is 2. The molecule has 2 bridgehead atoms. The number of nitrogens with zero attached hydrogens (tertiary/aromatic N) is 2. The van der Waals surface area contributed by atoms with E-state index in [-0.39, 0.29) is 46.6 Å². The van der Waals surface area contributed by atoms with Gasteiger partial charge < -0.3 is 0 Å². The molecule has 2 amide bonds. The zero-order valence-corrected chi connectivity index (χ0v) is 13.1. The van der Waals surface area contributed by atoms with E-state index < -0.39 is 4.92 Å². The minimum Gasteiger partial charge on any atom is -0.274 e. The molecule has 4 aliphatic rings. The van der Waals surface area contributed by atoms with Gasteiger partial charge in [-0.1, -0.05) is 18.2 Å². The predicted octanol–water partition coefficient (Wildman–Crippen LogP) is 2.60. The van der Waals surface area contributed by atoms with Crippen molar-refractivity contribution in [3.8, 4) is 0 Å². The van der Waals surface area contributed by atoms with Crippen molar-refractivity contribution in [3.05, 3.63) is 46.0 Å². The van der Waals surface area contributed by atoms with Crippen LogP contribution in [-0.2, 0) is 9.59 Å². The normalized spacial score (nSPS) is 34.3. The number of rotatable bonds is 2. The topological polar surface area (TPSA) is 80.5 Å². The lowest BCUT2D eigenvalue weighted by Gasteiger charge is -2.21. The highest BCUT2D eigenvalue weighted by Crippen LogP contribution is 2.73. The molecule has 6 nitrogen and oxygen atoms in total. The Bertz CT molecular complexity index is 821. The van der Waals surface area contributed by atoms with Gasteiger partial charge in [0.2, 0.25) is 11.8 Å². The third kappa shape index (κ3) is 1.42. The summed E-state index contributed by atoms with van der Waals surface area (Å²) < 4.78 is 0. The van der Waals surface area contributed by atoms with Gasteiger partial charge in [0.05, 0.1) is 22.4 Å². The number of nitro benzene ring substituents is 1. The molecule has 122 valence electrons. The van der Waals surface area contributed by atoms with Crippen molar-refractivity contribution in [2.75, 3.05) is 4.90 Å². The van der Waals surface area contributed by atoms with Crippen molar-refractivity contribution in [1.29, 1.82) is 0 Å². The third-order valence-corrected chi connectivity index (χ3v) is 6.50. The summed E-state index contributed by atoms with van der Waals surface area (Å²) in [6.07, 6.45) is 6.42. The van der Waals surface area contributed by atoms with E-state index in [0.717, 1.165) is 12.8 Å². The molecule has 1 aliphatic heterocycles. The SMILES string of the molecule is Cc1ccc(N2C(=O)[C@@H]3[C@H](C2=O)[C@@H]2C=C[C@@H]3C23CC3)cc1[N+](=O)[O-]. The second-order valence-electron chi connectivity index (χ2n) is 7.46. The zero-order valence-electron chi connectivity index (χ0n) is 13.1. The second-order valence-corrected chi connectivity index (χ2v) is 7.46. The molecule has 1 heterocycles. The molecular weight excluding hydrogens is 308 g/mol. The van der Waals surface area contributed by atoms with Gasteiger partial charge in [-0.2, -0.15) is 0 Å². The Labute approximate surface area is 138 Å². The number of carbonyl (C=O) groups is 2. The Morgan fingerprint density at radius 2 is 1.71 bits per heavy atom. The second kappa shape index (κ2) is 4.12. The van der Waals surface area contributed by atoms with Crippen LogP contribution in [0.3, 0.4) is 0 Å². The molecule has 0 radical (unpaired) electrons. The zero-order chi connectivity index (χ0) is 16.8. The smallest absolute Gasteiger partial charge is 0.274 e. The molecule has 3 aliphatic carbocycles. The van der Waals surface area contributed by atoms with Gasteiger partial charge in [-0.3, -0.25) is 19.7 Å². The minimum absolute atomic E-state index is 0.0649. The lowest BCUT2D eigenvalue weighted by atomic mass is 9.85. The van der Waals surface area contributed by atoms with Crippen molar-refractivity contribution >= 4 is 23.2 Å². The van der Waals surface area contributed by atoms with Gasteiger partial charge in [0.1, 0.15) is 0 Å². The molecule has 3 fully saturated rings. The number of carbonyl (C=O) groups excluding carboxylic acids is 2. The van der Waals surface area contributed by atoms with E-state index in [1.807, 2.05) is 0 Å². The molecule has 1 aromatic rings. The summed E-state index contributed by atoms with van der Waals surface area (Å²) in [4.78, 5) is 37.8. The molecule has 5 rings (SSSR count). The number of anilines is 1. The first-order valence-electron chi connectivity index (χ1n) is 8.27. The maximum atomic E-state index is 13.0. The maximum Gasteiger partial charge on any atom is 0.274 e. The molecule has 6 heteroatoms. The van der Waals surface area contributed by atoms with Gasteiger partial charge in [-0.05, 0) is 43.1 Å². The first-order valence-corrected chi connectivity index (χ1v) is 8.27. The molecule has 24 heavy (non-hydrogen) atoms. The van der Waals surface area contributed by atoms with Crippen molar-refractivity contribution in [2.45, 2.75) is 19.8 Å². The van der Waals surface area contributed by atoms with Crippen molar-refractivity contribution in [3.63, 3.8) is 0 Å². The van der Waals surface area contributed by atoms with Crippen molar-refractivity contribution in [2.24, 2.45) is 29.1 Å². The monoisotopic (exact) mass is 324 g/mol. The number of hydrogen-bond acceptors (Lipinski definition) is 4. The largest absolute Gasteiger partial charge is 0.274 e. The van der Waals surface area contributed by atoms with Crippen LogP contribution in [0.25, 0.3) is 0 Å². The molecule has 1 spiro atoms. The van der Waals surface area contributed by atoms with Crippen LogP contribution >= 0.6 is 0 Å². The van der Waals surface area contributed by atoms with Crippen LogP contribution in [-0.4, -0.2) is 16.7 Å². The predicted molar refractivity (Wildman–Crippen MR) is 85.1 cm³/mol. The molecule has 1 aromatic carbocycles. The third-order valence-electron chi connectivity index (χ3n) is 6.50. The fourth-order valence-electron chi connectivity index (χ4n) is 5.27. The van der Waals surface area contributed by atoms with Crippen LogP contribution < -0.4 is 4.90 Å². The fourth-order valence-corrected chi connectivity index (χ4v) is 5.27. The van der Waals surface area contributed by atoms with Gasteiger partial charge in [0.15, 0.2) is 0 Å². The van der Waals surface area contributed by atoms with Crippen LogP contribution in [0, 0.1) is 46.1 Å². The van der Waals surface area contributed by atoms with Gasteiger partial charge >= 0.3 is 0 Å². The van der Waals surface area contributed by atoms with Crippen LogP contribution in [0.2, 0.25) is 0 Å². The number of fused-ring (bicyclic) bond motifs is 3. The van der Waals surface area contributed by atoms with Crippen molar-refractivity contribution in [1.82, 2.24) is 0 Å². The standard InChI is InChI=1S/C18H16N2O4/c1-9-2-3-10(8-13(9)20(23)24)19-16(21)14-11-4-5-12(15(14)17(19)22)18(11)6-7-18/h2-5,8,11-12,14-15H,6-7H2,1H3/t11-,12-,14-,15+/m0/s1. The van der Waals surface area contributed by atoms with Crippen LogP contribution in [0.5, 0.6) is 0 Å². The molecule has 0 aromatic heterocycles. The quantitative estimate of drug-likeness (QED) is 0.362. The van der Waals surface area contributed by atoms with Gasteiger partial charge in [-0.15, -0.1) is 0 Å². The van der Waals surface area contributed by atoms with Gasteiger partial charge in [-0.25, -0.2) is 4.90 Å². The van der Waals surface area contributed by atoms with E-state index in [1.54, 1.807) is 19.1 Å². The van der Waals surface area contributed by atoms with Gasteiger partial charge in [0.25, 0.3) is 5.69 Å². The number of nitro groups is 1. The van der Waals surface area contributed by atoms with E-state index >= 15 is 0 Å². The molecule has 2 saturated carbocycles. The van der Waals surface area contributed by atoms with Crippen LogP contribution in [0.15, 0.2) is 30.4 Å². The highest BCUT2D eigenvalue weighted by molar-refractivity contribution is 6.23. The highest BCUT2D eigenvalue weighted by Gasteiger charge is 2.73. The number of hydrogen-bond donors (Lipinski definition) is 0. The fraction of sp³-hybridized carbons (Fsp3) is 0.444. The first kappa shape index (κ1) is 13.9. The Morgan fingerprint density at radius 3 is 2.21 bits per heavy atom. The lowest BCUT2D eigenvalue weighted by molar-refractivity contribution is -0.385. The summed E-state index contributed by atoms with van der Waals surface area (Å²) in [7, 11) is 0. The van der Waals surface area contributed by atoms with Crippen LogP contribution in [0.1, 0.15) is 18.4 Å². The van der Waals surface area contributed by atoms with E-state index in [4.69, 9.17) is 0 Å². The molecule has 1 saturated heterocycles. The number of benzene rings is 1. The summed E-state index contributed by atoms with van der Waals surface area (Å²) in [5, 5.41) is 11.2. The Kier molecular flexibility index (Phi) is 2.39. The Hall–Kier alpha value is -2.50. The minimum atomic E-state index is -0.477. The Balaban J connectivity index is 1.56. The van der Waals surface area contributed by atoms with E-state index in [2.05, 4.69) is 12.2 Å². The number of imide groups is 1. The lowest BCUT2D eigenvalue weighted by Crippen LogP contribution is -2.34. The van der Waals surface area contributed by atoms with E-state index in [1.165, 1.54) is 11.0 Å². The summed E-state index contributed by atoms with van der Waals surface area (Å²) in [6.45, 7) is 1.64. The first-order chi connectivity index (χ1) is 11.5. The molecular formula is C18H16N2O4. The summed E-state index contributed by atoms with van der Waals surface area (Å²) >= 11 is 0. The van der Waals surface area contributed by atoms with Gasteiger partial charge in [0, 0.05) is 11.6 Å². The Morgan fingerprint density at radius 1 is 1.12 bits per heavy atom. The summed E-state index contributed by atoms with van der Waals surface area (Å²) in [5.74, 6) is -0.618. The summed E-state index contributed by atoms with van der Waals surface area (Å²) in [5.41, 5.74) is 0.930. The average molecular weight is 324 g/mol. The van der Waals surface area contributed by atoms with Crippen molar-refractivity contribution < 1.29 is 14.5 Å². The van der Waals surface area contributed by atoms with E-state index in [0.29, 0.717) is 11.3 Å². The maximum absolute atomic E-state index is 13.0.